The molecule has 0 aromatic carbocycles. The molecular weight excluding hydrogens is 529 g/mol. The van der Waals surface area contributed by atoms with Gasteiger partial charge in [-0.2, -0.15) is 0 Å². The van der Waals surface area contributed by atoms with Crippen molar-refractivity contribution in [2.75, 3.05) is 6.61 Å². The van der Waals surface area contributed by atoms with Gasteiger partial charge in [0, 0.05) is 0 Å². The maximum atomic E-state index is 12.1. The molecule has 0 spiro atoms. The highest BCUT2D eigenvalue weighted by Crippen LogP contribution is 2.51. The number of carbonyl (C=O) groups is 2. The van der Waals surface area contributed by atoms with Crippen molar-refractivity contribution in [3.8, 4) is 0 Å². The summed E-state index contributed by atoms with van der Waals surface area (Å²) in [5.74, 6) is -5.21. The number of phosphoric ester groups is 3. The second-order valence-electron chi connectivity index (χ2n) is 6.56. The van der Waals surface area contributed by atoms with Crippen molar-refractivity contribution in [2.45, 2.75) is 43.0 Å². The van der Waals surface area contributed by atoms with Crippen LogP contribution in [0.5, 0.6) is 0 Å². The molecule has 0 amide bonds. The fourth-order valence-electron chi connectivity index (χ4n) is 2.65. The quantitative estimate of drug-likeness (QED) is 0.106. The third kappa shape index (κ3) is 9.73. The highest BCUT2D eigenvalue weighted by molar-refractivity contribution is 7.47. The van der Waals surface area contributed by atoms with Gasteiger partial charge in [0.1, 0.15) is 36.6 Å². The summed E-state index contributed by atoms with van der Waals surface area (Å²) in [4.78, 5) is 67.1. The molecule has 1 fully saturated rings. The summed E-state index contributed by atoms with van der Waals surface area (Å²) in [5.41, 5.74) is 0. The maximum absolute atomic E-state index is 12.1. The van der Waals surface area contributed by atoms with Crippen molar-refractivity contribution in [3.63, 3.8) is 0 Å². The fourth-order valence-corrected chi connectivity index (χ4v) is 4.77. The molecule has 10 N–H and O–H groups in total. The predicted molar refractivity (Wildman–Crippen MR) is 95.9 cm³/mol. The van der Waals surface area contributed by atoms with Crippen LogP contribution >= 0.6 is 23.5 Å². The van der Waals surface area contributed by atoms with Gasteiger partial charge in [0.05, 0.1) is 18.9 Å². The lowest BCUT2D eigenvalue weighted by molar-refractivity contribution is -0.212. The van der Waals surface area contributed by atoms with Crippen LogP contribution in [0.1, 0.15) is 6.42 Å². The highest BCUT2D eigenvalue weighted by Gasteiger charge is 2.56. The predicted octanol–water partition coefficient (Wildman–Crippen LogP) is -3.28. The molecule has 0 aromatic rings. The minimum absolute atomic E-state index is 1.05. The summed E-state index contributed by atoms with van der Waals surface area (Å²) in [6.45, 7) is -1.23. The first kappa shape index (κ1) is 30.2. The van der Waals surface area contributed by atoms with Crippen molar-refractivity contribution in [3.05, 3.63) is 0 Å². The monoisotopic (exact) mass is 550 g/mol. The Morgan fingerprint density at radius 3 is 1.39 bits per heavy atom. The number of aliphatic hydroxyl groups is 3. The maximum Gasteiger partial charge on any atom is 0.472 e. The molecule has 0 radical (unpaired) electrons. The Labute approximate surface area is 183 Å². The summed E-state index contributed by atoms with van der Waals surface area (Å²) < 4.78 is 51.3. The largest absolute Gasteiger partial charge is 0.481 e. The smallest absolute Gasteiger partial charge is 0.472 e. The Morgan fingerprint density at radius 2 is 1.09 bits per heavy atom. The van der Waals surface area contributed by atoms with Crippen LogP contribution in [-0.4, -0.2) is 105 Å². The molecule has 1 aliphatic carbocycles. The Hall–Kier alpha value is -0.850. The van der Waals surface area contributed by atoms with E-state index in [0.717, 1.165) is 0 Å². The number of hydrogen-bond donors (Lipinski definition) is 10. The topological polar surface area (TPSA) is 325 Å². The van der Waals surface area contributed by atoms with Crippen LogP contribution in [0.25, 0.3) is 0 Å². The zero-order valence-electron chi connectivity index (χ0n) is 15.9. The number of hydrogen-bond acceptors (Lipinski definition) is 12. The lowest BCUT2D eigenvalue weighted by Gasteiger charge is -2.44. The lowest BCUT2D eigenvalue weighted by Crippen LogP contribution is -2.65. The van der Waals surface area contributed by atoms with E-state index in [2.05, 4.69) is 18.1 Å². The number of phosphoric acid groups is 3. The summed E-state index contributed by atoms with van der Waals surface area (Å²) in [7, 11) is -16.6. The Morgan fingerprint density at radius 1 is 0.727 bits per heavy atom. The van der Waals surface area contributed by atoms with Crippen LogP contribution in [0.3, 0.4) is 0 Å². The van der Waals surface area contributed by atoms with Gasteiger partial charge >= 0.3 is 35.4 Å². The van der Waals surface area contributed by atoms with E-state index in [4.69, 9.17) is 29.8 Å². The zero-order valence-corrected chi connectivity index (χ0v) is 18.6. The van der Waals surface area contributed by atoms with E-state index in [1.807, 2.05) is 0 Å². The van der Waals surface area contributed by atoms with Crippen molar-refractivity contribution < 1.29 is 91.4 Å². The van der Waals surface area contributed by atoms with E-state index in [1.165, 1.54) is 0 Å². The molecular formula is C11H21O19P3. The summed E-state index contributed by atoms with van der Waals surface area (Å²) in [6.07, 6.45) is -16.2. The molecule has 22 heteroatoms. The van der Waals surface area contributed by atoms with Crippen LogP contribution in [0.4, 0.5) is 0 Å². The van der Waals surface area contributed by atoms with Gasteiger partial charge in [0.2, 0.25) is 0 Å². The molecule has 0 heterocycles. The normalized spacial score (nSPS) is 31.5. The van der Waals surface area contributed by atoms with Crippen molar-refractivity contribution in [1.82, 2.24) is 0 Å². The van der Waals surface area contributed by atoms with E-state index in [1.54, 1.807) is 0 Å². The second kappa shape index (κ2) is 11.3. The SMILES string of the molecule is O=C(O)C[C@@H](COP(=O)(O)OC1[C@H](O)[C@H](OP(=O)(O)O)C(O)[C@H](OP(=O)(O)O)[C@H]1O)C(=O)O. The van der Waals surface area contributed by atoms with E-state index in [-0.39, 0.29) is 0 Å². The Kier molecular flexibility index (Phi) is 10.3. The van der Waals surface area contributed by atoms with Crippen LogP contribution in [0.2, 0.25) is 0 Å². The molecule has 19 nitrogen and oxygen atoms in total. The molecule has 0 saturated heterocycles. The minimum atomic E-state index is -5.52. The molecule has 0 aromatic heterocycles. The molecule has 3 unspecified atom stereocenters. The standard InChI is InChI=1S/C11H21O19P3/c12-4(13)1-3(11(17)18)2-27-33(25,26)30-10-6(15)8(28-31(19,20)21)5(14)9(7(10)16)29-32(22,23)24/h3,5-10,14-16H,1-2H2,(H,12,13)(H,17,18)(H,25,26)(H2,19,20,21)(H2,22,23,24)/t3-,5?,6+,7+,8-,9+,10?/m0/s1. The Bertz CT molecular complexity index is 810. The number of carboxylic acids is 2. The summed E-state index contributed by atoms with van der Waals surface area (Å²) in [6, 6.07) is 0. The molecule has 1 saturated carbocycles. The number of aliphatic hydroxyl groups excluding tert-OH is 3. The van der Waals surface area contributed by atoms with Crippen LogP contribution in [0.15, 0.2) is 0 Å². The molecule has 33 heavy (non-hydrogen) atoms. The van der Waals surface area contributed by atoms with Crippen molar-refractivity contribution in [1.29, 1.82) is 0 Å². The van der Waals surface area contributed by atoms with Crippen molar-refractivity contribution >= 4 is 35.4 Å². The molecule has 1 rings (SSSR count). The van der Waals surface area contributed by atoms with Gasteiger partial charge < -0.3 is 50.0 Å². The summed E-state index contributed by atoms with van der Waals surface area (Å²) in [5, 5.41) is 47.9. The molecule has 1 aliphatic rings. The van der Waals surface area contributed by atoms with Gasteiger partial charge in [-0.05, 0) is 0 Å². The van der Waals surface area contributed by atoms with Crippen LogP contribution < -0.4 is 0 Å². The molecule has 0 bridgehead atoms. The number of rotatable bonds is 12. The van der Waals surface area contributed by atoms with Gasteiger partial charge in [-0.1, -0.05) is 0 Å². The van der Waals surface area contributed by atoms with Gasteiger partial charge in [0.15, 0.2) is 0 Å². The van der Waals surface area contributed by atoms with Crippen LogP contribution in [0, 0.1) is 5.92 Å². The van der Waals surface area contributed by atoms with E-state index in [9.17, 15) is 43.5 Å². The number of aliphatic carboxylic acids is 2. The second-order valence-corrected chi connectivity index (χ2v) is 10.4. The zero-order chi connectivity index (χ0) is 25.9. The summed E-state index contributed by atoms with van der Waals surface area (Å²) >= 11 is 0. The van der Waals surface area contributed by atoms with Gasteiger partial charge in [-0.25, -0.2) is 13.7 Å². The third-order valence-corrected chi connectivity index (χ3v) is 6.02. The first-order valence-electron chi connectivity index (χ1n) is 8.36. The average Bonchev–Trinajstić information content (AvgIpc) is 2.61. The van der Waals surface area contributed by atoms with Gasteiger partial charge in [-0.15, -0.1) is 0 Å². The van der Waals surface area contributed by atoms with Crippen molar-refractivity contribution in [2.24, 2.45) is 5.92 Å². The highest BCUT2D eigenvalue weighted by atomic mass is 31.2. The Balaban J connectivity index is 3.16. The lowest BCUT2D eigenvalue weighted by atomic mass is 9.85. The van der Waals surface area contributed by atoms with E-state index >= 15 is 0 Å². The molecule has 8 atom stereocenters. The molecule has 0 aliphatic heterocycles. The van der Waals surface area contributed by atoms with E-state index in [0.29, 0.717) is 0 Å². The minimum Gasteiger partial charge on any atom is -0.481 e. The first-order chi connectivity index (χ1) is 14.7. The van der Waals surface area contributed by atoms with E-state index < -0.39 is 91.0 Å². The average molecular weight is 550 g/mol. The first-order valence-corrected chi connectivity index (χ1v) is 12.9. The third-order valence-electron chi connectivity index (χ3n) is 4.00. The molecule has 194 valence electrons. The van der Waals surface area contributed by atoms with Crippen LogP contribution in [-0.2, 0) is 41.4 Å². The van der Waals surface area contributed by atoms with Gasteiger partial charge in [-0.3, -0.25) is 27.7 Å². The number of carboxylic acid groups (broad SMARTS) is 2. The van der Waals surface area contributed by atoms with Gasteiger partial charge in [0.25, 0.3) is 0 Å². The fraction of sp³-hybridized carbons (Fsp3) is 0.818.